The molecule has 3 aromatic carbocycles. The van der Waals surface area contributed by atoms with Crippen LogP contribution in [0.3, 0.4) is 0 Å². The molecule has 3 aromatic rings. The molecular formula is C28H29O3PS. The molecule has 0 heterocycles. The van der Waals surface area contributed by atoms with Crippen LogP contribution < -0.4 is 10.6 Å². The van der Waals surface area contributed by atoms with E-state index in [1.54, 1.807) is 48.5 Å². The fraction of sp³-hybridized carbons (Fsp3) is 0.214. The zero-order chi connectivity index (χ0) is 23.5. The number of allylic oxidation sites excluding steroid dienone is 2. The third-order valence-electron chi connectivity index (χ3n) is 6.26. The Morgan fingerprint density at radius 3 is 1.73 bits per heavy atom. The summed E-state index contributed by atoms with van der Waals surface area (Å²) in [4.78, 5) is 0.386. The minimum atomic E-state index is -3.91. The Morgan fingerprint density at radius 1 is 0.758 bits per heavy atom. The first-order valence-corrected chi connectivity index (χ1v) is 14.5. The van der Waals surface area contributed by atoms with Gasteiger partial charge in [-0.25, -0.2) is 8.42 Å². The maximum Gasteiger partial charge on any atom is 0.207 e. The number of rotatable bonds is 6. The van der Waals surface area contributed by atoms with Crippen LogP contribution in [0.25, 0.3) is 0 Å². The summed E-state index contributed by atoms with van der Waals surface area (Å²) in [7, 11) is -7.40. The van der Waals surface area contributed by atoms with Crippen LogP contribution in [0.15, 0.2) is 112 Å². The van der Waals surface area contributed by atoms with Crippen molar-refractivity contribution < 1.29 is 13.0 Å². The van der Waals surface area contributed by atoms with Gasteiger partial charge in [-0.1, -0.05) is 96.9 Å². The maximum absolute atomic E-state index is 14.9. The van der Waals surface area contributed by atoms with Crippen molar-refractivity contribution >= 4 is 27.6 Å². The van der Waals surface area contributed by atoms with E-state index in [4.69, 9.17) is 0 Å². The zero-order valence-electron chi connectivity index (χ0n) is 18.9. The van der Waals surface area contributed by atoms with Crippen molar-refractivity contribution in [2.75, 3.05) is 0 Å². The van der Waals surface area contributed by atoms with Crippen LogP contribution in [-0.2, 0) is 14.4 Å². The summed E-state index contributed by atoms with van der Waals surface area (Å²) in [6, 6.07) is 25.2. The highest BCUT2D eigenvalue weighted by molar-refractivity contribution is 7.97. The second-order valence-corrected chi connectivity index (χ2v) is 13.2. The summed E-state index contributed by atoms with van der Waals surface area (Å²) in [5, 5.41) is 1.39. The Balaban J connectivity index is 1.97. The van der Waals surface area contributed by atoms with Gasteiger partial charge in [0, 0.05) is 15.9 Å². The monoisotopic (exact) mass is 476 g/mol. The summed E-state index contributed by atoms with van der Waals surface area (Å²) in [6.45, 7) is 6.19. The van der Waals surface area contributed by atoms with Crippen LogP contribution in [0, 0.1) is 6.92 Å². The van der Waals surface area contributed by atoms with Gasteiger partial charge in [0.2, 0.25) is 9.84 Å². The molecule has 0 radical (unpaired) electrons. The maximum atomic E-state index is 14.9. The smallest absolute Gasteiger partial charge is 0.207 e. The van der Waals surface area contributed by atoms with Crippen molar-refractivity contribution in [3.8, 4) is 0 Å². The normalized spacial score (nSPS) is 14.6. The molecule has 0 N–H and O–H groups in total. The van der Waals surface area contributed by atoms with Crippen LogP contribution in [-0.4, -0.2) is 8.42 Å². The molecule has 1 aliphatic carbocycles. The molecule has 5 heteroatoms. The largest absolute Gasteiger partial charge is 0.309 e. The van der Waals surface area contributed by atoms with E-state index < -0.39 is 17.0 Å². The van der Waals surface area contributed by atoms with Crippen molar-refractivity contribution in [2.45, 2.75) is 43.9 Å². The van der Waals surface area contributed by atoms with Gasteiger partial charge >= 0.3 is 0 Å². The van der Waals surface area contributed by atoms with Crippen LogP contribution in [0.5, 0.6) is 0 Å². The Morgan fingerprint density at radius 2 is 1.24 bits per heavy atom. The van der Waals surface area contributed by atoms with E-state index in [0.717, 1.165) is 30.4 Å². The first-order chi connectivity index (χ1) is 15.8. The van der Waals surface area contributed by atoms with Crippen LogP contribution in [0.2, 0.25) is 0 Å². The van der Waals surface area contributed by atoms with Crippen LogP contribution in [0.4, 0.5) is 0 Å². The van der Waals surface area contributed by atoms with Gasteiger partial charge in [0.1, 0.15) is 0 Å². The number of aryl methyl sites for hydroxylation is 1. The van der Waals surface area contributed by atoms with Crippen molar-refractivity contribution in [3.63, 3.8) is 0 Å². The Labute approximate surface area is 197 Å². The van der Waals surface area contributed by atoms with Gasteiger partial charge in [-0.2, -0.15) is 0 Å². The highest BCUT2D eigenvalue weighted by Gasteiger charge is 2.39. The molecule has 0 bridgehead atoms. The topological polar surface area (TPSA) is 51.2 Å². The standard InChI is InChI=1S/C28H29O3PS/c1-22-18-20-27(21-19-22)33(30,31)28(24-12-6-3-7-13-24)23(2)32(29,25-14-8-4-9-15-25)26-16-10-5-11-17-26/h4-5,8-11,14-21H,2-3,6-7,12-13H2,1H3. The summed E-state index contributed by atoms with van der Waals surface area (Å²) >= 11 is 0. The molecule has 1 fully saturated rings. The summed E-state index contributed by atoms with van der Waals surface area (Å²) in [5.41, 5.74) is 1.83. The van der Waals surface area contributed by atoms with Crippen molar-refractivity contribution in [1.29, 1.82) is 0 Å². The molecule has 0 atom stereocenters. The van der Waals surface area contributed by atoms with Crippen molar-refractivity contribution in [3.05, 3.63) is 113 Å². The second kappa shape index (κ2) is 9.67. The molecule has 0 aliphatic heterocycles. The zero-order valence-corrected chi connectivity index (χ0v) is 20.6. The van der Waals surface area contributed by atoms with E-state index in [1.807, 2.05) is 43.3 Å². The highest BCUT2D eigenvalue weighted by atomic mass is 32.2. The molecule has 0 amide bonds. The number of benzene rings is 3. The lowest BCUT2D eigenvalue weighted by atomic mass is 9.94. The molecule has 1 saturated carbocycles. The fourth-order valence-electron chi connectivity index (χ4n) is 4.47. The lowest BCUT2D eigenvalue weighted by molar-refractivity contribution is 0.582. The molecule has 4 rings (SSSR count). The van der Waals surface area contributed by atoms with Gasteiger partial charge in [0.25, 0.3) is 0 Å². The van der Waals surface area contributed by atoms with E-state index in [0.29, 0.717) is 23.5 Å². The fourth-order valence-corrected chi connectivity index (χ4v) is 9.39. The molecule has 3 nitrogen and oxygen atoms in total. The predicted molar refractivity (Wildman–Crippen MR) is 137 cm³/mol. The molecule has 33 heavy (non-hydrogen) atoms. The van der Waals surface area contributed by atoms with E-state index in [1.165, 1.54) is 0 Å². The SMILES string of the molecule is C=C(C(=C1CCCCC1)S(=O)(=O)c1ccc(C)cc1)P(=O)(c1ccccc1)c1ccccc1. The average Bonchev–Trinajstić information content (AvgIpc) is 2.85. The highest BCUT2D eigenvalue weighted by Crippen LogP contribution is 2.56. The van der Waals surface area contributed by atoms with Crippen LogP contribution in [0.1, 0.15) is 37.7 Å². The molecule has 170 valence electrons. The lowest BCUT2D eigenvalue weighted by Crippen LogP contribution is -2.21. The second-order valence-electron chi connectivity index (χ2n) is 8.54. The Kier molecular flexibility index (Phi) is 6.88. The first-order valence-electron chi connectivity index (χ1n) is 11.3. The van der Waals surface area contributed by atoms with E-state index in [2.05, 4.69) is 6.58 Å². The molecule has 0 spiro atoms. The van der Waals surface area contributed by atoms with E-state index in [-0.39, 0.29) is 15.1 Å². The lowest BCUT2D eigenvalue weighted by Gasteiger charge is -2.27. The number of sulfone groups is 1. The number of hydrogen-bond acceptors (Lipinski definition) is 3. The van der Waals surface area contributed by atoms with Gasteiger partial charge < -0.3 is 4.57 Å². The van der Waals surface area contributed by atoms with Gasteiger partial charge in [0.15, 0.2) is 7.14 Å². The minimum absolute atomic E-state index is 0.169. The minimum Gasteiger partial charge on any atom is -0.309 e. The first kappa shape index (κ1) is 23.5. The molecule has 1 aliphatic rings. The Bertz CT molecular complexity index is 1270. The summed E-state index contributed by atoms with van der Waals surface area (Å²) in [5.74, 6) is 0. The van der Waals surface area contributed by atoms with Crippen molar-refractivity contribution in [1.82, 2.24) is 0 Å². The third-order valence-corrected chi connectivity index (χ3v) is 11.4. The molecule has 0 aromatic heterocycles. The number of hydrogen-bond donors (Lipinski definition) is 0. The third kappa shape index (κ3) is 4.55. The quantitative estimate of drug-likeness (QED) is 0.381. The van der Waals surface area contributed by atoms with Gasteiger partial charge in [-0.3, -0.25) is 0 Å². The van der Waals surface area contributed by atoms with Gasteiger partial charge in [0.05, 0.1) is 9.80 Å². The average molecular weight is 477 g/mol. The molecule has 0 saturated heterocycles. The van der Waals surface area contributed by atoms with Crippen LogP contribution >= 0.6 is 7.14 Å². The molecule has 0 unspecified atom stereocenters. The predicted octanol–water partition coefficient (Wildman–Crippen LogP) is 6.51. The Hall–Kier alpha value is -2.68. The summed E-state index contributed by atoms with van der Waals surface area (Å²) in [6.07, 6.45) is 4.29. The summed E-state index contributed by atoms with van der Waals surface area (Å²) < 4.78 is 43.0. The van der Waals surface area contributed by atoms with Gasteiger partial charge in [-0.15, -0.1) is 0 Å². The van der Waals surface area contributed by atoms with E-state index >= 15 is 0 Å². The van der Waals surface area contributed by atoms with E-state index in [9.17, 15) is 13.0 Å². The molecular weight excluding hydrogens is 447 g/mol. The van der Waals surface area contributed by atoms with Gasteiger partial charge in [-0.05, 0) is 44.7 Å². The van der Waals surface area contributed by atoms with Crippen molar-refractivity contribution in [2.24, 2.45) is 0 Å².